The van der Waals surface area contributed by atoms with Gasteiger partial charge in [-0.25, -0.2) is 0 Å². The molecule has 0 aliphatic rings. The number of ether oxygens (including phenoxy) is 2. The molecule has 0 amide bonds. The van der Waals surface area contributed by atoms with Crippen molar-refractivity contribution in [3.8, 4) is 35.1 Å². The Balaban J connectivity index is 1.35. The second kappa shape index (κ2) is 9.80. The van der Waals surface area contributed by atoms with Gasteiger partial charge in [0.15, 0.2) is 0 Å². The summed E-state index contributed by atoms with van der Waals surface area (Å²) in [5.41, 5.74) is 3.31. The zero-order valence-corrected chi connectivity index (χ0v) is 17.1. The molecular formula is C28H18N2O2. The van der Waals surface area contributed by atoms with E-state index in [-0.39, 0.29) is 0 Å². The SMILES string of the molecule is N#Cc1ccc(Oc2ccc(/C=C/c3ccc(Oc4ccc(C#N)cc4)cc3)cc2)cc1. The smallest absolute Gasteiger partial charge is 0.127 e. The molecule has 0 saturated heterocycles. The molecule has 4 aromatic carbocycles. The summed E-state index contributed by atoms with van der Waals surface area (Å²) >= 11 is 0. The molecule has 0 aliphatic carbocycles. The first-order valence-electron chi connectivity index (χ1n) is 9.96. The molecule has 4 heteroatoms. The summed E-state index contributed by atoms with van der Waals surface area (Å²) in [7, 11) is 0. The molecule has 0 aliphatic heterocycles. The standard InChI is InChI=1S/C28H18N2O2/c29-19-23-7-15-27(16-8-23)31-25-11-3-21(4-12-25)1-2-22-5-13-26(14-6-22)32-28-17-9-24(20-30)10-18-28/h1-18H/b2-1+. The van der Waals surface area contributed by atoms with Crippen molar-refractivity contribution in [3.05, 3.63) is 119 Å². The molecule has 32 heavy (non-hydrogen) atoms. The largest absolute Gasteiger partial charge is 0.457 e. The summed E-state index contributed by atoms with van der Waals surface area (Å²) in [5, 5.41) is 17.7. The third-order valence-electron chi connectivity index (χ3n) is 4.67. The van der Waals surface area contributed by atoms with E-state index in [1.165, 1.54) is 0 Å². The third-order valence-corrected chi connectivity index (χ3v) is 4.67. The minimum absolute atomic E-state index is 0.603. The van der Waals surface area contributed by atoms with E-state index in [0.717, 1.165) is 22.6 Å². The van der Waals surface area contributed by atoms with Crippen LogP contribution in [0.2, 0.25) is 0 Å². The predicted molar refractivity (Wildman–Crippen MR) is 124 cm³/mol. The van der Waals surface area contributed by atoms with Gasteiger partial charge in [-0.1, -0.05) is 36.4 Å². The van der Waals surface area contributed by atoms with Crippen molar-refractivity contribution in [2.45, 2.75) is 0 Å². The van der Waals surface area contributed by atoms with E-state index in [0.29, 0.717) is 22.6 Å². The summed E-state index contributed by atoms with van der Waals surface area (Å²) in [5.74, 6) is 2.85. The second-order valence-electron chi connectivity index (χ2n) is 6.95. The van der Waals surface area contributed by atoms with Crippen LogP contribution in [-0.2, 0) is 0 Å². The first kappa shape index (κ1) is 20.5. The lowest BCUT2D eigenvalue weighted by molar-refractivity contribution is 0.482. The number of hydrogen-bond acceptors (Lipinski definition) is 4. The van der Waals surface area contributed by atoms with Crippen molar-refractivity contribution in [1.82, 2.24) is 0 Å². The van der Waals surface area contributed by atoms with Crippen LogP contribution in [-0.4, -0.2) is 0 Å². The van der Waals surface area contributed by atoms with Crippen molar-refractivity contribution in [1.29, 1.82) is 10.5 Å². The fourth-order valence-corrected chi connectivity index (χ4v) is 2.95. The monoisotopic (exact) mass is 414 g/mol. The molecule has 0 heterocycles. The zero-order chi connectivity index (χ0) is 22.2. The zero-order valence-electron chi connectivity index (χ0n) is 17.1. The molecule has 0 aromatic heterocycles. The van der Waals surface area contributed by atoms with Crippen LogP contribution in [0.15, 0.2) is 97.1 Å². The van der Waals surface area contributed by atoms with E-state index >= 15 is 0 Å². The van der Waals surface area contributed by atoms with Gasteiger partial charge in [0.25, 0.3) is 0 Å². The minimum atomic E-state index is 0.603. The minimum Gasteiger partial charge on any atom is -0.457 e. The topological polar surface area (TPSA) is 66.0 Å². The van der Waals surface area contributed by atoms with E-state index in [1.54, 1.807) is 48.5 Å². The summed E-state index contributed by atoms with van der Waals surface area (Å²) in [6, 6.07) is 33.8. The molecule has 0 spiro atoms. The van der Waals surface area contributed by atoms with E-state index < -0.39 is 0 Å². The summed E-state index contributed by atoms with van der Waals surface area (Å²) in [6.07, 6.45) is 4.06. The molecule has 0 fully saturated rings. The first-order valence-corrected chi connectivity index (χ1v) is 9.96. The van der Waals surface area contributed by atoms with Crippen LogP contribution in [0.1, 0.15) is 22.3 Å². The Hall–Kier alpha value is -4.80. The van der Waals surface area contributed by atoms with Gasteiger partial charge >= 0.3 is 0 Å². The van der Waals surface area contributed by atoms with Gasteiger partial charge in [-0.15, -0.1) is 0 Å². The second-order valence-corrected chi connectivity index (χ2v) is 6.95. The van der Waals surface area contributed by atoms with Gasteiger partial charge < -0.3 is 9.47 Å². The van der Waals surface area contributed by atoms with Gasteiger partial charge in [0.2, 0.25) is 0 Å². The Kier molecular flexibility index (Phi) is 6.27. The van der Waals surface area contributed by atoms with Gasteiger partial charge in [-0.05, 0) is 83.9 Å². The highest BCUT2D eigenvalue weighted by Crippen LogP contribution is 2.24. The molecular weight excluding hydrogens is 396 g/mol. The molecule has 0 atom stereocenters. The van der Waals surface area contributed by atoms with Crippen LogP contribution in [0.3, 0.4) is 0 Å². The van der Waals surface area contributed by atoms with E-state index in [1.807, 2.05) is 60.7 Å². The van der Waals surface area contributed by atoms with Crippen molar-refractivity contribution in [2.75, 3.05) is 0 Å². The van der Waals surface area contributed by atoms with Crippen LogP contribution >= 0.6 is 0 Å². The highest BCUT2D eigenvalue weighted by Gasteiger charge is 2.00. The number of nitriles is 2. The van der Waals surface area contributed by atoms with Gasteiger partial charge in [0.1, 0.15) is 23.0 Å². The number of rotatable bonds is 6. The summed E-state index contributed by atoms with van der Waals surface area (Å²) in [4.78, 5) is 0. The number of hydrogen-bond donors (Lipinski definition) is 0. The molecule has 152 valence electrons. The van der Waals surface area contributed by atoms with Gasteiger partial charge in [-0.3, -0.25) is 0 Å². The lowest BCUT2D eigenvalue weighted by Crippen LogP contribution is -1.85. The maximum atomic E-state index is 8.86. The van der Waals surface area contributed by atoms with Crippen LogP contribution in [0, 0.1) is 22.7 Å². The van der Waals surface area contributed by atoms with E-state index in [2.05, 4.69) is 12.1 Å². The maximum Gasteiger partial charge on any atom is 0.127 e. The first-order chi connectivity index (χ1) is 15.7. The Morgan fingerprint density at radius 2 is 0.719 bits per heavy atom. The number of benzene rings is 4. The molecule has 0 saturated carbocycles. The molecule has 0 unspecified atom stereocenters. The predicted octanol–water partition coefficient (Wildman–Crippen LogP) is 7.18. The molecule has 0 radical (unpaired) electrons. The van der Waals surface area contributed by atoms with Crippen LogP contribution in [0.4, 0.5) is 0 Å². The lowest BCUT2D eigenvalue weighted by atomic mass is 10.1. The molecule has 0 bridgehead atoms. The van der Waals surface area contributed by atoms with Crippen molar-refractivity contribution in [2.24, 2.45) is 0 Å². The average Bonchev–Trinajstić information content (AvgIpc) is 2.85. The van der Waals surface area contributed by atoms with Crippen LogP contribution in [0.5, 0.6) is 23.0 Å². The molecule has 4 nitrogen and oxygen atoms in total. The van der Waals surface area contributed by atoms with Crippen molar-refractivity contribution >= 4 is 12.2 Å². The quantitative estimate of drug-likeness (QED) is 0.313. The van der Waals surface area contributed by atoms with E-state index in [4.69, 9.17) is 20.0 Å². The van der Waals surface area contributed by atoms with E-state index in [9.17, 15) is 0 Å². The summed E-state index contributed by atoms with van der Waals surface area (Å²) in [6.45, 7) is 0. The highest BCUT2D eigenvalue weighted by molar-refractivity contribution is 5.70. The Morgan fingerprint density at radius 1 is 0.438 bits per heavy atom. The van der Waals surface area contributed by atoms with Gasteiger partial charge in [-0.2, -0.15) is 10.5 Å². The maximum absolute atomic E-state index is 8.86. The van der Waals surface area contributed by atoms with Gasteiger partial charge in [0.05, 0.1) is 23.3 Å². The lowest BCUT2D eigenvalue weighted by Gasteiger charge is -2.06. The normalized spacial score (nSPS) is 10.3. The number of nitrogens with zero attached hydrogens (tertiary/aromatic N) is 2. The average molecular weight is 414 g/mol. The fourth-order valence-electron chi connectivity index (χ4n) is 2.95. The Labute approximate surface area is 186 Å². The molecule has 4 rings (SSSR count). The van der Waals surface area contributed by atoms with Crippen molar-refractivity contribution < 1.29 is 9.47 Å². The van der Waals surface area contributed by atoms with Crippen LogP contribution < -0.4 is 9.47 Å². The summed E-state index contributed by atoms with van der Waals surface area (Å²) < 4.78 is 11.6. The third kappa shape index (κ3) is 5.42. The Bertz CT molecular complexity index is 1190. The van der Waals surface area contributed by atoms with Crippen molar-refractivity contribution in [3.63, 3.8) is 0 Å². The van der Waals surface area contributed by atoms with Crippen LogP contribution in [0.25, 0.3) is 12.2 Å². The highest BCUT2D eigenvalue weighted by atomic mass is 16.5. The molecule has 0 N–H and O–H groups in total. The van der Waals surface area contributed by atoms with Gasteiger partial charge in [0, 0.05) is 0 Å². The molecule has 4 aromatic rings. The fraction of sp³-hybridized carbons (Fsp3) is 0. The Morgan fingerprint density at radius 3 is 1.00 bits per heavy atom.